The number of phenols is 2. The Morgan fingerprint density at radius 2 is 1.60 bits per heavy atom. The van der Waals surface area contributed by atoms with Crippen molar-refractivity contribution in [2.75, 3.05) is 0 Å². The van der Waals surface area contributed by atoms with E-state index in [-0.39, 0.29) is 28.2 Å². The van der Waals surface area contributed by atoms with Gasteiger partial charge in [0.2, 0.25) is 0 Å². The molecule has 1 aromatic heterocycles. The van der Waals surface area contributed by atoms with E-state index in [2.05, 4.69) is 5.32 Å². The number of hydrogen-bond acceptors (Lipinski definition) is 4. The van der Waals surface area contributed by atoms with Crippen molar-refractivity contribution in [2.24, 2.45) is 7.05 Å². The SMILES string of the molecule is Cn1cc(C2=C(c3ccc(O)cc3O)C(=O)NC2=O)c2ccccc21. The van der Waals surface area contributed by atoms with Crippen molar-refractivity contribution in [1.82, 2.24) is 9.88 Å². The highest BCUT2D eigenvalue weighted by molar-refractivity contribution is 6.50. The maximum atomic E-state index is 12.5. The monoisotopic (exact) mass is 334 g/mol. The number of hydrogen-bond donors (Lipinski definition) is 3. The fourth-order valence-corrected chi connectivity index (χ4v) is 3.24. The van der Waals surface area contributed by atoms with E-state index in [0.29, 0.717) is 5.56 Å². The van der Waals surface area contributed by atoms with E-state index in [1.165, 1.54) is 12.1 Å². The zero-order valence-electron chi connectivity index (χ0n) is 13.3. The number of nitrogens with zero attached hydrogens (tertiary/aromatic N) is 1. The van der Waals surface area contributed by atoms with E-state index in [1.807, 2.05) is 35.9 Å². The number of amides is 2. The van der Waals surface area contributed by atoms with Gasteiger partial charge < -0.3 is 14.8 Å². The molecular weight excluding hydrogens is 320 g/mol. The Labute approximate surface area is 142 Å². The lowest BCUT2D eigenvalue weighted by Gasteiger charge is -2.06. The normalized spacial score (nSPS) is 14.4. The Morgan fingerprint density at radius 3 is 2.32 bits per heavy atom. The van der Waals surface area contributed by atoms with Crippen LogP contribution in [-0.2, 0) is 16.6 Å². The van der Waals surface area contributed by atoms with Crippen molar-refractivity contribution in [3.05, 3.63) is 59.8 Å². The number of phenolic OH excluding ortho intramolecular Hbond substituents is 2. The molecule has 0 aliphatic carbocycles. The largest absolute Gasteiger partial charge is 0.508 e. The van der Waals surface area contributed by atoms with Crippen molar-refractivity contribution in [2.45, 2.75) is 0 Å². The van der Waals surface area contributed by atoms with Crippen molar-refractivity contribution in [3.63, 3.8) is 0 Å². The van der Waals surface area contributed by atoms with Gasteiger partial charge in [-0.3, -0.25) is 14.9 Å². The van der Waals surface area contributed by atoms with Gasteiger partial charge in [-0.1, -0.05) is 18.2 Å². The predicted octanol–water partition coefficient (Wildman–Crippen LogP) is 2.16. The minimum atomic E-state index is -0.575. The molecule has 6 nitrogen and oxygen atoms in total. The zero-order valence-corrected chi connectivity index (χ0v) is 13.3. The molecule has 2 aromatic carbocycles. The molecule has 0 radical (unpaired) electrons. The summed E-state index contributed by atoms with van der Waals surface area (Å²) in [5.41, 5.74) is 2.04. The van der Waals surface area contributed by atoms with Gasteiger partial charge in [-0.15, -0.1) is 0 Å². The topological polar surface area (TPSA) is 91.6 Å². The molecule has 0 unspecified atom stereocenters. The van der Waals surface area contributed by atoms with Crippen LogP contribution < -0.4 is 5.32 Å². The van der Waals surface area contributed by atoms with Gasteiger partial charge in [0.05, 0.1) is 11.1 Å². The molecule has 0 saturated heterocycles. The van der Waals surface area contributed by atoms with Crippen LogP contribution in [0.25, 0.3) is 22.0 Å². The van der Waals surface area contributed by atoms with Gasteiger partial charge in [-0.25, -0.2) is 0 Å². The third kappa shape index (κ3) is 2.19. The molecule has 124 valence electrons. The average molecular weight is 334 g/mol. The predicted molar refractivity (Wildman–Crippen MR) is 92.7 cm³/mol. The molecule has 25 heavy (non-hydrogen) atoms. The first-order chi connectivity index (χ1) is 12.0. The number of aromatic hydroxyl groups is 2. The first kappa shape index (κ1) is 15.0. The van der Waals surface area contributed by atoms with E-state index in [9.17, 15) is 19.8 Å². The molecular formula is C19H14N2O4. The van der Waals surface area contributed by atoms with Crippen LogP contribution >= 0.6 is 0 Å². The molecule has 1 aliphatic heterocycles. The van der Waals surface area contributed by atoms with E-state index in [1.54, 1.807) is 6.20 Å². The highest BCUT2D eigenvalue weighted by atomic mass is 16.3. The summed E-state index contributed by atoms with van der Waals surface area (Å²) in [6, 6.07) is 11.5. The molecule has 0 fully saturated rings. The third-order valence-corrected chi connectivity index (χ3v) is 4.35. The van der Waals surface area contributed by atoms with E-state index >= 15 is 0 Å². The molecule has 4 rings (SSSR count). The van der Waals surface area contributed by atoms with Gasteiger partial charge in [0.25, 0.3) is 11.8 Å². The van der Waals surface area contributed by atoms with Crippen molar-refractivity contribution in [3.8, 4) is 11.5 Å². The average Bonchev–Trinajstić information content (AvgIpc) is 3.04. The molecule has 3 aromatic rings. The lowest BCUT2D eigenvalue weighted by atomic mass is 9.95. The number of para-hydroxylation sites is 1. The lowest BCUT2D eigenvalue weighted by molar-refractivity contribution is -0.122. The van der Waals surface area contributed by atoms with Gasteiger partial charge in [0, 0.05) is 41.3 Å². The number of rotatable bonds is 2. The molecule has 2 heterocycles. The summed E-state index contributed by atoms with van der Waals surface area (Å²) in [4.78, 5) is 24.8. The fraction of sp³-hybridized carbons (Fsp3) is 0.0526. The van der Waals surface area contributed by atoms with Crippen molar-refractivity contribution >= 4 is 33.9 Å². The standard InChI is InChI=1S/C19H14N2O4/c1-21-9-13(11-4-2-3-5-14(11)21)17-16(18(24)20-19(17)25)12-7-6-10(22)8-15(12)23/h2-9,22-23H,1H3,(H,20,24,25). The number of aromatic nitrogens is 1. The molecule has 0 saturated carbocycles. The highest BCUT2D eigenvalue weighted by Crippen LogP contribution is 2.39. The van der Waals surface area contributed by atoms with Gasteiger partial charge >= 0.3 is 0 Å². The second-order valence-corrected chi connectivity index (χ2v) is 5.91. The van der Waals surface area contributed by atoms with Gasteiger partial charge in [0.1, 0.15) is 11.5 Å². The van der Waals surface area contributed by atoms with Crippen LogP contribution in [0.5, 0.6) is 11.5 Å². The first-order valence-corrected chi connectivity index (χ1v) is 7.64. The van der Waals surface area contributed by atoms with E-state index in [4.69, 9.17) is 0 Å². The quantitative estimate of drug-likeness (QED) is 0.626. The number of carbonyl (C=O) groups excluding carboxylic acids is 2. The summed E-state index contributed by atoms with van der Waals surface area (Å²) in [5, 5.41) is 22.8. The van der Waals surface area contributed by atoms with Crippen LogP contribution in [0.1, 0.15) is 11.1 Å². The van der Waals surface area contributed by atoms with Crippen LogP contribution in [0, 0.1) is 0 Å². The summed E-state index contributed by atoms with van der Waals surface area (Å²) in [6.45, 7) is 0. The second-order valence-electron chi connectivity index (χ2n) is 5.91. The van der Waals surface area contributed by atoms with E-state index in [0.717, 1.165) is 17.0 Å². The Kier molecular flexibility index (Phi) is 3.15. The first-order valence-electron chi connectivity index (χ1n) is 7.64. The second kappa shape index (κ2) is 5.24. The minimum Gasteiger partial charge on any atom is -0.508 e. The molecule has 2 amide bonds. The highest BCUT2D eigenvalue weighted by Gasteiger charge is 2.34. The number of fused-ring (bicyclic) bond motifs is 1. The number of aryl methyl sites for hydroxylation is 1. The Bertz CT molecular complexity index is 1090. The van der Waals surface area contributed by atoms with Crippen LogP contribution in [0.3, 0.4) is 0 Å². The van der Waals surface area contributed by atoms with Gasteiger partial charge in [-0.05, 0) is 18.2 Å². The van der Waals surface area contributed by atoms with Gasteiger partial charge in [-0.2, -0.15) is 0 Å². The van der Waals surface area contributed by atoms with Crippen LogP contribution in [0.4, 0.5) is 0 Å². The zero-order chi connectivity index (χ0) is 17.7. The summed E-state index contributed by atoms with van der Waals surface area (Å²) in [5.74, 6) is -1.48. The lowest BCUT2D eigenvalue weighted by Crippen LogP contribution is -2.22. The summed E-state index contributed by atoms with van der Waals surface area (Å²) in [6.07, 6.45) is 1.79. The van der Waals surface area contributed by atoms with Gasteiger partial charge in [0.15, 0.2) is 0 Å². The molecule has 3 N–H and O–H groups in total. The van der Waals surface area contributed by atoms with Crippen LogP contribution in [-0.4, -0.2) is 26.6 Å². The Balaban J connectivity index is 2.06. The summed E-state index contributed by atoms with van der Waals surface area (Å²) < 4.78 is 1.88. The smallest absolute Gasteiger partial charge is 0.259 e. The van der Waals surface area contributed by atoms with E-state index < -0.39 is 11.8 Å². The summed E-state index contributed by atoms with van der Waals surface area (Å²) >= 11 is 0. The third-order valence-electron chi connectivity index (χ3n) is 4.35. The number of nitrogens with one attached hydrogen (secondary N) is 1. The van der Waals surface area contributed by atoms with Crippen molar-refractivity contribution < 1.29 is 19.8 Å². The number of benzene rings is 2. The van der Waals surface area contributed by atoms with Crippen LogP contribution in [0.2, 0.25) is 0 Å². The maximum Gasteiger partial charge on any atom is 0.259 e. The molecule has 6 heteroatoms. The molecule has 1 aliphatic rings. The van der Waals surface area contributed by atoms with Crippen LogP contribution in [0.15, 0.2) is 48.7 Å². The molecule has 0 bridgehead atoms. The summed E-state index contributed by atoms with van der Waals surface area (Å²) in [7, 11) is 1.86. The number of imide groups is 1. The Hall–Kier alpha value is -3.54. The maximum absolute atomic E-state index is 12.5. The fourth-order valence-electron chi connectivity index (χ4n) is 3.24. The minimum absolute atomic E-state index is 0.0962. The molecule has 0 spiro atoms. The molecule has 0 atom stereocenters. The van der Waals surface area contributed by atoms with Crippen molar-refractivity contribution in [1.29, 1.82) is 0 Å². The Morgan fingerprint density at radius 1 is 0.920 bits per heavy atom. The number of carbonyl (C=O) groups is 2.